The van der Waals surface area contributed by atoms with Crippen LogP contribution in [0, 0.1) is 18.3 Å². The minimum atomic E-state index is -3.51. The van der Waals surface area contributed by atoms with Gasteiger partial charge in [0.05, 0.1) is 30.0 Å². The zero-order valence-corrected chi connectivity index (χ0v) is 13.7. The molecule has 1 heterocycles. The number of aryl methyl sites for hydroxylation is 1. The van der Waals surface area contributed by atoms with E-state index in [9.17, 15) is 8.42 Å². The van der Waals surface area contributed by atoms with Gasteiger partial charge in [-0.25, -0.2) is 8.42 Å². The SMILES string of the molecule is Cc1cccc(N(CCC#N)S(=O)(=O)C[C@H]2CCCCO2)c1. The molecule has 0 bridgehead atoms. The highest BCUT2D eigenvalue weighted by molar-refractivity contribution is 7.92. The van der Waals surface area contributed by atoms with Crippen LogP contribution in [0.3, 0.4) is 0 Å². The molecule has 1 aromatic rings. The highest BCUT2D eigenvalue weighted by Crippen LogP contribution is 2.23. The summed E-state index contributed by atoms with van der Waals surface area (Å²) in [5.41, 5.74) is 1.61. The van der Waals surface area contributed by atoms with Crippen molar-refractivity contribution in [2.75, 3.05) is 23.2 Å². The van der Waals surface area contributed by atoms with Gasteiger partial charge in [-0.3, -0.25) is 4.31 Å². The van der Waals surface area contributed by atoms with Crippen molar-refractivity contribution < 1.29 is 13.2 Å². The van der Waals surface area contributed by atoms with Crippen LogP contribution >= 0.6 is 0 Å². The normalized spacial score (nSPS) is 18.6. The van der Waals surface area contributed by atoms with Crippen LogP contribution in [0.2, 0.25) is 0 Å². The second-order valence-electron chi connectivity index (χ2n) is 5.59. The van der Waals surface area contributed by atoms with Crippen LogP contribution in [0.25, 0.3) is 0 Å². The Hall–Kier alpha value is -1.58. The van der Waals surface area contributed by atoms with Gasteiger partial charge < -0.3 is 4.74 Å². The van der Waals surface area contributed by atoms with Crippen molar-refractivity contribution in [2.24, 2.45) is 0 Å². The molecular formula is C16H22N2O3S. The third-order valence-corrected chi connectivity index (χ3v) is 5.58. The Morgan fingerprint density at radius 2 is 2.23 bits per heavy atom. The van der Waals surface area contributed by atoms with Gasteiger partial charge in [0.2, 0.25) is 10.0 Å². The minimum Gasteiger partial charge on any atom is -0.377 e. The molecule has 0 radical (unpaired) electrons. The Morgan fingerprint density at radius 3 is 2.86 bits per heavy atom. The Kier molecular flexibility index (Phi) is 5.81. The third kappa shape index (κ3) is 4.46. The summed E-state index contributed by atoms with van der Waals surface area (Å²) < 4.78 is 32.4. The number of hydrogen-bond acceptors (Lipinski definition) is 4. The van der Waals surface area contributed by atoms with Crippen molar-refractivity contribution in [3.63, 3.8) is 0 Å². The molecule has 120 valence electrons. The van der Waals surface area contributed by atoms with Crippen LogP contribution in [0.1, 0.15) is 31.2 Å². The maximum atomic E-state index is 12.8. The zero-order chi connectivity index (χ0) is 16.0. The fraction of sp³-hybridized carbons (Fsp3) is 0.562. The molecule has 1 aliphatic rings. The average Bonchev–Trinajstić information content (AvgIpc) is 2.48. The zero-order valence-electron chi connectivity index (χ0n) is 12.9. The third-order valence-electron chi connectivity index (χ3n) is 3.72. The van der Waals surface area contributed by atoms with E-state index in [0.717, 1.165) is 24.8 Å². The highest BCUT2D eigenvalue weighted by Gasteiger charge is 2.28. The standard InChI is InChI=1S/C16H22N2O3S/c1-14-6-4-7-15(12-14)18(10-5-9-17)22(19,20)13-16-8-2-3-11-21-16/h4,6-7,12,16H,2-3,5,8,10-11,13H2,1H3/t16-/m1/s1. The molecule has 0 aromatic heterocycles. The van der Waals surface area contributed by atoms with Crippen LogP contribution in [0.15, 0.2) is 24.3 Å². The van der Waals surface area contributed by atoms with E-state index >= 15 is 0 Å². The molecule has 1 aliphatic heterocycles. The van der Waals surface area contributed by atoms with E-state index in [-0.39, 0.29) is 24.8 Å². The van der Waals surface area contributed by atoms with E-state index in [4.69, 9.17) is 10.00 Å². The molecule has 5 nitrogen and oxygen atoms in total. The quantitative estimate of drug-likeness (QED) is 0.807. The van der Waals surface area contributed by atoms with E-state index < -0.39 is 10.0 Å². The van der Waals surface area contributed by atoms with Crippen LogP contribution in [0.5, 0.6) is 0 Å². The topological polar surface area (TPSA) is 70.4 Å². The van der Waals surface area contributed by atoms with Crippen molar-refractivity contribution in [1.82, 2.24) is 0 Å². The molecule has 2 rings (SSSR count). The van der Waals surface area contributed by atoms with Crippen LogP contribution < -0.4 is 4.31 Å². The monoisotopic (exact) mass is 322 g/mol. The lowest BCUT2D eigenvalue weighted by molar-refractivity contribution is 0.0305. The summed E-state index contributed by atoms with van der Waals surface area (Å²) in [6.07, 6.45) is 2.70. The van der Waals surface area contributed by atoms with Gasteiger partial charge in [0.25, 0.3) is 0 Å². The first-order valence-electron chi connectivity index (χ1n) is 7.58. The number of nitriles is 1. The van der Waals surface area contributed by atoms with Crippen LogP contribution in [-0.4, -0.2) is 33.4 Å². The van der Waals surface area contributed by atoms with Crippen molar-refractivity contribution in [3.05, 3.63) is 29.8 Å². The first-order chi connectivity index (χ1) is 10.5. The molecule has 0 amide bonds. The lowest BCUT2D eigenvalue weighted by Gasteiger charge is -2.28. The number of hydrogen-bond donors (Lipinski definition) is 0. The van der Waals surface area contributed by atoms with Crippen molar-refractivity contribution in [2.45, 2.75) is 38.7 Å². The van der Waals surface area contributed by atoms with E-state index in [1.54, 1.807) is 6.07 Å². The Morgan fingerprint density at radius 1 is 1.41 bits per heavy atom. The highest BCUT2D eigenvalue weighted by atomic mass is 32.2. The first-order valence-corrected chi connectivity index (χ1v) is 9.19. The summed E-state index contributed by atoms with van der Waals surface area (Å²) >= 11 is 0. The predicted molar refractivity (Wildman–Crippen MR) is 86.1 cm³/mol. The van der Waals surface area contributed by atoms with Crippen LogP contribution in [-0.2, 0) is 14.8 Å². The molecule has 0 unspecified atom stereocenters. The maximum Gasteiger partial charge on any atom is 0.237 e. The summed E-state index contributed by atoms with van der Waals surface area (Å²) in [4.78, 5) is 0. The molecular weight excluding hydrogens is 300 g/mol. The molecule has 1 fully saturated rings. The van der Waals surface area contributed by atoms with Gasteiger partial charge in [0, 0.05) is 13.2 Å². The van der Waals surface area contributed by atoms with Gasteiger partial charge >= 0.3 is 0 Å². The maximum absolute atomic E-state index is 12.8. The summed E-state index contributed by atoms with van der Waals surface area (Å²) in [7, 11) is -3.51. The molecule has 22 heavy (non-hydrogen) atoms. The summed E-state index contributed by atoms with van der Waals surface area (Å²) in [5.74, 6) is -0.0215. The first kappa shape index (κ1) is 16.8. The lowest BCUT2D eigenvalue weighted by Crippen LogP contribution is -2.39. The van der Waals surface area contributed by atoms with Gasteiger partial charge in [0.15, 0.2) is 0 Å². The molecule has 0 spiro atoms. The summed E-state index contributed by atoms with van der Waals surface area (Å²) in [6.45, 7) is 2.72. The molecule has 0 N–H and O–H groups in total. The summed E-state index contributed by atoms with van der Waals surface area (Å²) in [5, 5.41) is 8.81. The second kappa shape index (κ2) is 7.61. The number of nitrogens with zero attached hydrogens (tertiary/aromatic N) is 2. The molecule has 0 aliphatic carbocycles. The predicted octanol–water partition coefficient (Wildman–Crippen LogP) is 2.61. The molecule has 0 saturated carbocycles. The molecule has 1 saturated heterocycles. The largest absolute Gasteiger partial charge is 0.377 e. The van der Waals surface area contributed by atoms with Crippen LogP contribution in [0.4, 0.5) is 5.69 Å². The van der Waals surface area contributed by atoms with Crippen molar-refractivity contribution in [1.29, 1.82) is 5.26 Å². The minimum absolute atomic E-state index is 0.0215. The Bertz CT molecular complexity index is 631. The van der Waals surface area contributed by atoms with Crippen molar-refractivity contribution in [3.8, 4) is 6.07 Å². The second-order valence-corrected chi connectivity index (χ2v) is 7.52. The van der Waals surface area contributed by atoms with Gasteiger partial charge in [-0.2, -0.15) is 5.26 Å². The van der Waals surface area contributed by atoms with E-state index in [1.807, 2.05) is 31.2 Å². The fourth-order valence-corrected chi connectivity index (χ4v) is 4.34. The Labute approximate surface area is 132 Å². The lowest BCUT2D eigenvalue weighted by atomic mass is 10.1. The van der Waals surface area contributed by atoms with Gasteiger partial charge in [-0.05, 0) is 43.9 Å². The number of ether oxygens (including phenoxy) is 1. The number of sulfonamides is 1. The van der Waals surface area contributed by atoms with E-state index in [0.29, 0.717) is 12.3 Å². The van der Waals surface area contributed by atoms with Gasteiger partial charge in [-0.1, -0.05) is 12.1 Å². The average molecular weight is 322 g/mol. The smallest absolute Gasteiger partial charge is 0.237 e. The molecule has 1 aromatic carbocycles. The van der Waals surface area contributed by atoms with Gasteiger partial charge in [-0.15, -0.1) is 0 Å². The molecule has 1 atom stereocenters. The molecule has 6 heteroatoms. The summed E-state index contributed by atoms with van der Waals surface area (Å²) in [6, 6.07) is 9.37. The van der Waals surface area contributed by atoms with Crippen molar-refractivity contribution >= 4 is 15.7 Å². The van der Waals surface area contributed by atoms with E-state index in [2.05, 4.69) is 0 Å². The number of anilines is 1. The van der Waals surface area contributed by atoms with Gasteiger partial charge in [0.1, 0.15) is 0 Å². The van der Waals surface area contributed by atoms with E-state index in [1.165, 1.54) is 4.31 Å². The Balaban J connectivity index is 2.21. The number of benzene rings is 1. The number of rotatable bonds is 6. The fourth-order valence-electron chi connectivity index (χ4n) is 2.63.